The summed E-state index contributed by atoms with van der Waals surface area (Å²) in [5, 5.41) is 12.6. The van der Waals surface area contributed by atoms with Gasteiger partial charge in [0.15, 0.2) is 5.75 Å². The van der Waals surface area contributed by atoms with Crippen LogP contribution in [0, 0.1) is 11.7 Å². The molecular weight excluding hydrogens is 297 g/mol. The Morgan fingerprint density at radius 1 is 1.17 bits per heavy atom. The molecule has 1 aliphatic rings. The van der Waals surface area contributed by atoms with Crippen LogP contribution in [0.3, 0.4) is 0 Å². The Labute approximate surface area is 133 Å². The predicted octanol–water partition coefficient (Wildman–Crippen LogP) is 3.72. The van der Waals surface area contributed by atoms with Crippen molar-refractivity contribution in [1.29, 1.82) is 0 Å². The Kier molecular flexibility index (Phi) is 4.57. The Balaban J connectivity index is 1.76. The molecule has 120 valence electrons. The van der Waals surface area contributed by atoms with E-state index >= 15 is 0 Å². The molecule has 1 saturated carbocycles. The van der Waals surface area contributed by atoms with Gasteiger partial charge in [0.05, 0.1) is 17.7 Å². The molecule has 5 heteroatoms. The summed E-state index contributed by atoms with van der Waals surface area (Å²) in [5.41, 5.74) is 0.501. The third-order valence-electron chi connectivity index (χ3n) is 3.99. The van der Waals surface area contributed by atoms with Crippen LogP contribution < -0.4 is 10.1 Å². The lowest BCUT2D eigenvalue weighted by molar-refractivity contribution is -0.122. The van der Waals surface area contributed by atoms with E-state index in [-0.39, 0.29) is 5.91 Å². The number of ether oxygens (including phenoxy) is 1. The first kappa shape index (κ1) is 15.5. The van der Waals surface area contributed by atoms with E-state index in [4.69, 9.17) is 4.74 Å². The van der Waals surface area contributed by atoms with E-state index in [1.807, 2.05) is 0 Å². The van der Waals surface area contributed by atoms with Crippen molar-refractivity contribution in [1.82, 2.24) is 0 Å². The van der Waals surface area contributed by atoms with E-state index in [1.54, 1.807) is 36.4 Å². The van der Waals surface area contributed by atoms with Gasteiger partial charge in [-0.25, -0.2) is 4.39 Å². The molecule has 1 fully saturated rings. The molecule has 3 rings (SSSR count). The van der Waals surface area contributed by atoms with Crippen LogP contribution >= 0.6 is 0 Å². The highest BCUT2D eigenvalue weighted by molar-refractivity contribution is 5.94. The Hall–Kier alpha value is -2.40. The predicted molar refractivity (Wildman–Crippen MR) is 84.9 cm³/mol. The molecule has 2 unspecified atom stereocenters. The molecule has 2 aromatic carbocycles. The maximum atomic E-state index is 13.3. The topological polar surface area (TPSA) is 58.6 Å². The van der Waals surface area contributed by atoms with Crippen molar-refractivity contribution in [3.8, 4) is 11.5 Å². The van der Waals surface area contributed by atoms with Crippen molar-refractivity contribution >= 4 is 11.6 Å². The van der Waals surface area contributed by atoms with Crippen LogP contribution in [-0.2, 0) is 4.79 Å². The third kappa shape index (κ3) is 3.68. The molecule has 0 spiro atoms. The summed E-state index contributed by atoms with van der Waals surface area (Å²) in [6.45, 7) is 0. The van der Waals surface area contributed by atoms with Gasteiger partial charge in [-0.3, -0.25) is 4.79 Å². The molecule has 0 saturated heterocycles. The average molecular weight is 315 g/mol. The number of carbonyl (C=O) groups is 1. The number of carbonyl (C=O) groups excluding carboxylic acids is 1. The van der Waals surface area contributed by atoms with Crippen LogP contribution in [0.4, 0.5) is 10.1 Å². The summed E-state index contributed by atoms with van der Waals surface area (Å²) >= 11 is 0. The smallest absolute Gasteiger partial charge is 0.230 e. The number of nitrogens with one attached hydrogen (secondary N) is 1. The fraction of sp³-hybridized carbons (Fsp3) is 0.278. The number of aliphatic hydroxyl groups is 1. The number of halogens is 1. The molecule has 4 nitrogen and oxygen atoms in total. The normalized spacial score (nSPS) is 20.3. The van der Waals surface area contributed by atoms with E-state index in [0.717, 1.165) is 6.42 Å². The van der Waals surface area contributed by atoms with Gasteiger partial charge >= 0.3 is 0 Å². The number of amides is 1. The standard InChI is InChI=1S/C18H18FNO3/c19-12-5-3-6-13(11-12)23-17-10-2-1-8-15(17)20-18(22)14-7-4-9-16(14)21/h1-3,5-6,8,10-11,14,16,21H,4,7,9H2,(H,20,22). The summed E-state index contributed by atoms with van der Waals surface area (Å²) < 4.78 is 18.9. The van der Waals surface area contributed by atoms with E-state index in [1.165, 1.54) is 12.1 Å². The van der Waals surface area contributed by atoms with Crippen molar-refractivity contribution < 1.29 is 19.0 Å². The second kappa shape index (κ2) is 6.79. The molecule has 0 aliphatic heterocycles. The van der Waals surface area contributed by atoms with Gasteiger partial charge in [-0.05, 0) is 43.5 Å². The van der Waals surface area contributed by atoms with Gasteiger partial charge in [-0.1, -0.05) is 18.2 Å². The Morgan fingerprint density at radius 2 is 2.00 bits per heavy atom. The SMILES string of the molecule is O=C(Nc1ccccc1Oc1cccc(F)c1)C1CCCC1O. The van der Waals surface area contributed by atoms with Gasteiger partial charge in [-0.2, -0.15) is 0 Å². The van der Waals surface area contributed by atoms with Crippen LogP contribution in [0.2, 0.25) is 0 Å². The van der Waals surface area contributed by atoms with Gasteiger partial charge in [0.1, 0.15) is 11.6 Å². The van der Waals surface area contributed by atoms with Gasteiger partial charge in [0, 0.05) is 6.07 Å². The van der Waals surface area contributed by atoms with Crippen molar-refractivity contribution in [2.24, 2.45) is 5.92 Å². The van der Waals surface area contributed by atoms with Crippen molar-refractivity contribution in [2.75, 3.05) is 5.32 Å². The fourth-order valence-corrected chi connectivity index (χ4v) is 2.79. The number of rotatable bonds is 4. The highest BCUT2D eigenvalue weighted by Gasteiger charge is 2.31. The van der Waals surface area contributed by atoms with Crippen LogP contribution in [0.15, 0.2) is 48.5 Å². The van der Waals surface area contributed by atoms with Gasteiger partial charge < -0.3 is 15.2 Å². The molecule has 1 aliphatic carbocycles. The second-order valence-electron chi connectivity index (χ2n) is 5.65. The summed E-state index contributed by atoms with van der Waals surface area (Å²) in [4.78, 5) is 12.3. The molecule has 0 aromatic heterocycles. The monoisotopic (exact) mass is 315 g/mol. The minimum absolute atomic E-state index is 0.217. The average Bonchev–Trinajstić information content (AvgIpc) is 2.95. The van der Waals surface area contributed by atoms with E-state index in [0.29, 0.717) is 30.0 Å². The molecular formula is C18H18FNO3. The second-order valence-corrected chi connectivity index (χ2v) is 5.65. The lowest BCUT2D eigenvalue weighted by Crippen LogP contribution is -2.28. The van der Waals surface area contributed by atoms with Gasteiger partial charge in [0.25, 0.3) is 0 Å². The number of hydrogen-bond acceptors (Lipinski definition) is 3. The fourth-order valence-electron chi connectivity index (χ4n) is 2.79. The van der Waals surface area contributed by atoms with Crippen LogP contribution in [0.5, 0.6) is 11.5 Å². The van der Waals surface area contributed by atoms with Gasteiger partial charge in [-0.15, -0.1) is 0 Å². The quantitative estimate of drug-likeness (QED) is 0.904. The van der Waals surface area contributed by atoms with Gasteiger partial charge in [0.2, 0.25) is 5.91 Å². The third-order valence-corrected chi connectivity index (χ3v) is 3.99. The number of hydrogen-bond donors (Lipinski definition) is 2. The highest BCUT2D eigenvalue weighted by atomic mass is 19.1. The number of aliphatic hydroxyl groups excluding tert-OH is 1. The zero-order chi connectivity index (χ0) is 16.2. The number of benzene rings is 2. The summed E-state index contributed by atoms with van der Waals surface area (Å²) in [5.74, 6) is -0.216. The Morgan fingerprint density at radius 3 is 2.74 bits per heavy atom. The lowest BCUT2D eigenvalue weighted by Gasteiger charge is -2.16. The van der Waals surface area contributed by atoms with E-state index in [9.17, 15) is 14.3 Å². The summed E-state index contributed by atoms with van der Waals surface area (Å²) in [6.07, 6.45) is 1.59. The molecule has 2 atom stereocenters. The highest BCUT2D eigenvalue weighted by Crippen LogP contribution is 2.32. The van der Waals surface area contributed by atoms with E-state index < -0.39 is 17.8 Å². The minimum Gasteiger partial charge on any atom is -0.455 e. The number of para-hydroxylation sites is 2. The molecule has 0 bridgehead atoms. The summed E-state index contributed by atoms with van der Waals surface area (Å²) in [7, 11) is 0. The minimum atomic E-state index is -0.591. The first-order valence-electron chi connectivity index (χ1n) is 7.65. The zero-order valence-corrected chi connectivity index (χ0v) is 12.5. The summed E-state index contributed by atoms with van der Waals surface area (Å²) in [6, 6.07) is 12.8. The van der Waals surface area contributed by atoms with Crippen LogP contribution in [0.25, 0.3) is 0 Å². The molecule has 2 aromatic rings. The maximum Gasteiger partial charge on any atom is 0.230 e. The first-order chi connectivity index (χ1) is 11.1. The largest absolute Gasteiger partial charge is 0.455 e. The molecule has 1 amide bonds. The molecule has 0 heterocycles. The zero-order valence-electron chi connectivity index (χ0n) is 12.5. The Bertz CT molecular complexity index is 704. The van der Waals surface area contributed by atoms with Crippen LogP contribution in [0.1, 0.15) is 19.3 Å². The lowest BCUT2D eigenvalue weighted by atomic mass is 10.1. The van der Waals surface area contributed by atoms with Crippen molar-refractivity contribution in [3.63, 3.8) is 0 Å². The first-order valence-corrected chi connectivity index (χ1v) is 7.65. The number of anilines is 1. The van der Waals surface area contributed by atoms with Crippen molar-refractivity contribution in [3.05, 3.63) is 54.3 Å². The molecule has 23 heavy (non-hydrogen) atoms. The van der Waals surface area contributed by atoms with E-state index in [2.05, 4.69) is 5.32 Å². The molecule has 0 radical (unpaired) electrons. The maximum absolute atomic E-state index is 13.3. The van der Waals surface area contributed by atoms with Crippen molar-refractivity contribution in [2.45, 2.75) is 25.4 Å². The molecule has 2 N–H and O–H groups in total. The van der Waals surface area contributed by atoms with Crippen LogP contribution in [-0.4, -0.2) is 17.1 Å².